The van der Waals surface area contributed by atoms with Crippen molar-refractivity contribution in [1.29, 1.82) is 0 Å². The van der Waals surface area contributed by atoms with Crippen molar-refractivity contribution in [2.24, 2.45) is 0 Å². The second kappa shape index (κ2) is 16.0. The lowest BCUT2D eigenvalue weighted by atomic mass is 10.1. The Bertz CT molecular complexity index is 864. The quantitative estimate of drug-likeness (QED) is 0.193. The van der Waals surface area contributed by atoms with Gasteiger partial charge in [0.2, 0.25) is 0 Å². The highest BCUT2D eigenvalue weighted by molar-refractivity contribution is 5.41. The number of hydrogen-bond donors (Lipinski definition) is 1. The van der Waals surface area contributed by atoms with Crippen LogP contribution in [0.4, 0.5) is 11.4 Å². The molecule has 2 aliphatic heterocycles. The molecule has 198 valence electrons. The minimum Gasteiger partial charge on any atom is -0.494 e. The summed E-state index contributed by atoms with van der Waals surface area (Å²) >= 11 is 0. The Balaban J connectivity index is 0.000000202. The fourth-order valence-electron chi connectivity index (χ4n) is 4.55. The molecule has 0 aliphatic carbocycles. The van der Waals surface area contributed by atoms with E-state index in [0.29, 0.717) is 12.4 Å². The maximum Gasteiger partial charge on any atom is 0.269 e. The number of rotatable bonds is 11. The average Bonchev–Trinajstić information content (AvgIpc) is 2.92. The highest BCUT2D eigenvalue weighted by Gasteiger charge is 2.10. The lowest BCUT2D eigenvalue weighted by Gasteiger charge is -2.26. The fourth-order valence-corrected chi connectivity index (χ4v) is 4.55. The zero-order valence-corrected chi connectivity index (χ0v) is 21.5. The van der Waals surface area contributed by atoms with Gasteiger partial charge in [-0.1, -0.05) is 12.8 Å². The van der Waals surface area contributed by atoms with E-state index in [1.807, 2.05) is 24.3 Å². The summed E-state index contributed by atoms with van der Waals surface area (Å²) in [6.07, 6.45) is 10.2. The maximum absolute atomic E-state index is 10.5. The van der Waals surface area contributed by atoms with Crippen LogP contribution in [-0.2, 0) is 0 Å². The molecule has 0 atom stereocenters. The fraction of sp³-hybridized carbons (Fsp3) is 0.571. The van der Waals surface area contributed by atoms with Crippen LogP contribution in [0.3, 0.4) is 0 Å². The lowest BCUT2D eigenvalue weighted by Crippen LogP contribution is -2.31. The number of likely N-dealkylation sites (tertiary alicyclic amines) is 2. The van der Waals surface area contributed by atoms with Gasteiger partial charge in [0.1, 0.15) is 11.5 Å². The van der Waals surface area contributed by atoms with Crippen molar-refractivity contribution < 1.29 is 14.4 Å². The number of piperidine rings is 2. The summed E-state index contributed by atoms with van der Waals surface area (Å²) in [7, 11) is 0. The van der Waals surface area contributed by atoms with E-state index >= 15 is 0 Å². The summed E-state index contributed by atoms with van der Waals surface area (Å²) in [6, 6.07) is 13.9. The van der Waals surface area contributed by atoms with Crippen LogP contribution in [0.1, 0.15) is 51.4 Å². The molecular weight excluding hydrogens is 456 g/mol. The number of benzene rings is 2. The van der Waals surface area contributed by atoms with Gasteiger partial charge in [0.05, 0.1) is 18.1 Å². The highest BCUT2D eigenvalue weighted by atomic mass is 16.6. The van der Waals surface area contributed by atoms with E-state index in [2.05, 4.69) is 9.80 Å². The summed E-state index contributed by atoms with van der Waals surface area (Å²) < 4.78 is 11.3. The molecule has 0 amide bonds. The van der Waals surface area contributed by atoms with E-state index in [0.717, 1.165) is 44.0 Å². The SMILES string of the molecule is Nc1ccc(OCCCN2CCCCC2)cc1.O=[N+]([O-])c1ccc(OCCCN2CCCCC2)cc1. The molecule has 4 rings (SSSR count). The molecule has 8 heteroatoms. The predicted molar refractivity (Wildman–Crippen MR) is 145 cm³/mol. The molecule has 0 aromatic heterocycles. The minimum atomic E-state index is -0.403. The molecular formula is C28H42N4O4. The number of nitro groups is 1. The summed E-state index contributed by atoms with van der Waals surface area (Å²) in [4.78, 5) is 15.1. The number of nitrogens with two attached hydrogens (primary N) is 1. The molecule has 0 unspecified atom stereocenters. The van der Waals surface area contributed by atoms with Crippen molar-refractivity contribution in [2.45, 2.75) is 51.4 Å². The van der Waals surface area contributed by atoms with Gasteiger partial charge in [0.15, 0.2) is 0 Å². The van der Waals surface area contributed by atoms with E-state index in [9.17, 15) is 10.1 Å². The second-order valence-electron chi connectivity index (χ2n) is 9.53. The molecule has 2 aromatic rings. The average molecular weight is 499 g/mol. The van der Waals surface area contributed by atoms with Crippen molar-refractivity contribution in [2.75, 3.05) is 58.2 Å². The van der Waals surface area contributed by atoms with Gasteiger partial charge in [0.25, 0.3) is 5.69 Å². The van der Waals surface area contributed by atoms with Gasteiger partial charge >= 0.3 is 0 Å². The molecule has 2 fully saturated rings. The van der Waals surface area contributed by atoms with Crippen LogP contribution in [0.15, 0.2) is 48.5 Å². The summed E-state index contributed by atoms with van der Waals surface area (Å²) in [5.74, 6) is 1.61. The van der Waals surface area contributed by atoms with Crippen molar-refractivity contribution in [3.8, 4) is 11.5 Å². The summed E-state index contributed by atoms with van der Waals surface area (Å²) in [5, 5.41) is 10.5. The van der Waals surface area contributed by atoms with Crippen LogP contribution >= 0.6 is 0 Å². The first-order valence-electron chi connectivity index (χ1n) is 13.4. The summed E-state index contributed by atoms with van der Waals surface area (Å²) in [5.41, 5.74) is 6.50. The molecule has 0 radical (unpaired) electrons. The normalized spacial score (nSPS) is 16.6. The lowest BCUT2D eigenvalue weighted by molar-refractivity contribution is -0.384. The Morgan fingerprint density at radius 3 is 1.53 bits per heavy atom. The molecule has 8 nitrogen and oxygen atoms in total. The highest BCUT2D eigenvalue weighted by Crippen LogP contribution is 2.18. The maximum atomic E-state index is 10.5. The van der Waals surface area contributed by atoms with Crippen LogP contribution in [0.5, 0.6) is 11.5 Å². The molecule has 2 aliphatic rings. The van der Waals surface area contributed by atoms with Crippen LogP contribution in [0.2, 0.25) is 0 Å². The van der Waals surface area contributed by atoms with Gasteiger partial charge in [-0.15, -0.1) is 0 Å². The monoisotopic (exact) mass is 498 g/mol. The van der Waals surface area contributed by atoms with E-state index in [1.165, 1.54) is 76.8 Å². The van der Waals surface area contributed by atoms with Gasteiger partial charge in [-0.3, -0.25) is 10.1 Å². The van der Waals surface area contributed by atoms with E-state index in [4.69, 9.17) is 15.2 Å². The molecule has 0 spiro atoms. The van der Waals surface area contributed by atoms with Crippen molar-refractivity contribution in [3.63, 3.8) is 0 Å². The van der Waals surface area contributed by atoms with Crippen molar-refractivity contribution in [3.05, 3.63) is 58.6 Å². The number of anilines is 1. The third kappa shape index (κ3) is 10.8. The zero-order chi connectivity index (χ0) is 25.4. The molecule has 36 heavy (non-hydrogen) atoms. The number of ether oxygens (including phenoxy) is 2. The van der Waals surface area contributed by atoms with E-state index in [-0.39, 0.29) is 5.69 Å². The predicted octanol–water partition coefficient (Wildman–Crippen LogP) is 5.37. The number of hydrogen-bond acceptors (Lipinski definition) is 7. The molecule has 2 heterocycles. The van der Waals surface area contributed by atoms with Crippen LogP contribution in [0, 0.1) is 10.1 Å². The number of nitrogen functional groups attached to an aromatic ring is 1. The summed E-state index contributed by atoms with van der Waals surface area (Å²) in [6.45, 7) is 8.63. The Kier molecular flexibility index (Phi) is 12.3. The molecule has 2 N–H and O–H groups in total. The first-order chi connectivity index (χ1) is 17.6. The number of nitrogens with zero attached hydrogens (tertiary/aromatic N) is 3. The third-order valence-corrected chi connectivity index (χ3v) is 6.60. The Hall–Kier alpha value is -2.84. The third-order valence-electron chi connectivity index (χ3n) is 6.60. The van der Waals surface area contributed by atoms with Gasteiger partial charge in [-0.2, -0.15) is 0 Å². The molecule has 2 saturated heterocycles. The van der Waals surface area contributed by atoms with E-state index in [1.54, 1.807) is 12.1 Å². The second-order valence-corrected chi connectivity index (χ2v) is 9.53. The Morgan fingerprint density at radius 2 is 1.11 bits per heavy atom. The first kappa shape index (κ1) is 27.7. The van der Waals surface area contributed by atoms with Gasteiger partial charge in [-0.25, -0.2) is 0 Å². The van der Waals surface area contributed by atoms with Crippen LogP contribution in [0.25, 0.3) is 0 Å². The topological polar surface area (TPSA) is 94.1 Å². The minimum absolute atomic E-state index is 0.0978. The zero-order valence-electron chi connectivity index (χ0n) is 21.5. The molecule has 0 saturated carbocycles. The van der Waals surface area contributed by atoms with Crippen molar-refractivity contribution in [1.82, 2.24) is 9.80 Å². The van der Waals surface area contributed by atoms with Crippen LogP contribution < -0.4 is 15.2 Å². The number of nitro benzene ring substituents is 1. The molecule has 2 aromatic carbocycles. The molecule has 0 bridgehead atoms. The van der Waals surface area contributed by atoms with E-state index < -0.39 is 4.92 Å². The van der Waals surface area contributed by atoms with Crippen molar-refractivity contribution >= 4 is 11.4 Å². The first-order valence-corrected chi connectivity index (χ1v) is 13.4. The Morgan fingerprint density at radius 1 is 0.694 bits per heavy atom. The van der Waals surface area contributed by atoms with Gasteiger partial charge in [0, 0.05) is 30.9 Å². The Labute approximate surface area is 215 Å². The van der Waals surface area contributed by atoms with Gasteiger partial charge < -0.3 is 25.0 Å². The standard InChI is InChI=1S/C14H20N2O3.C14H22N2O/c17-16(18)13-5-7-14(8-6-13)19-12-4-11-15-9-2-1-3-10-15;15-13-5-7-14(8-6-13)17-12-4-11-16-9-2-1-3-10-16/h5-8H,1-4,9-12H2;5-8H,1-4,9-12,15H2. The number of non-ortho nitro benzene ring substituents is 1. The smallest absolute Gasteiger partial charge is 0.269 e. The van der Waals surface area contributed by atoms with Crippen LogP contribution in [-0.4, -0.2) is 67.2 Å². The van der Waals surface area contributed by atoms with Gasteiger partial charge in [-0.05, 0) is 101 Å². The largest absolute Gasteiger partial charge is 0.494 e.